The molecule has 2 N–H and O–H groups in total. The van der Waals surface area contributed by atoms with Gasteiger partial charge in [-0.25, -0.2) is 9.59 Å². The molecule has 0 amide bonds. The second kappa shape index (κ2) is 12.9. The van der Waals surface area contributed by atoms with Crippen molar-refractivity contribution < 1.29 is 43.2 Å². The van der Waals surface area contributed by atoms with Crippen LogP contribution in [0.4, 0.5) is 0 Å². The molecule has 1 heterocycles. The molecule has 3 aromatic carbocycles. The second-order valence-electron chi connectivity index (χ2n) is 9.93. The minimum atomic E-state index is -1.82. The standard InChI is InChI=1S/C33H30O10/c1-39-22-14-9-20(10-15-22)32(37)42-30-28(36)27(35)26-25(34)18-24(13-8-19-6-4-3-5-7-19)41-29(26)31(30)43-33(38)21-11-16-23(40-2)17-12-21/h3-7,9-12,14-18,27-28,30-31,35-36H,8,13H2,1-2H3/t27-,28-,30+,31+/m1/s1. The summed E-state index contributed by atoms with van der Waals surface area (Å²) in [6.07, 6.45) is -5.91. The molecule has 0 saturated heterocycles. The molecule has 1 aliphatic carbocycles. The summed E-state index contributed by atoms with van der Waals surface area (Å²) >= 11 is 0. The van der Waals surface area contributed by atoms with Crippen molar-refractivity contribution >= 4 is 11.9 Å². The van der Waals surface area contributed by atoms with Gasteiger partial charge in [0.15, 0.2) is 23.4 Å². The van der Waals surface area contributed by atoms with Crippen molar-refractivity contribution in [2.75, 3.05) is 14.2 Å². The summed E-state index contributed by atoms with van der Waals surface area (Å²) in [5.74, 6) is -0.627. The molecule has 10 nitrogen and oxygen atoms in total. The highest BCUT2D eigenvalue weighted by Crippen LogP contribution is 2.40. The number of carbonyl (C=O) groups excluding carboxylic acids is 2. The number of hydrogen-bond acceptors (Lipinski definition) is 10. The molecule has 43 heavy (non-hydrogen) atoms. The molecule has 4 atom stereocenters. The van der Waals surface area contributed by atoms with Gasteiger partial charge in [-0.1, -0.05) is 30.3 Å². The molecule has 5 rings (SSSR count). The molecule has 1 aliphatic rings. The van der Waals surface area contributed by atoms with Gasteiger partial charge in [0.05, 0.1) is 30.9 Å². The van der Waals surface area contributed by atoms with Gasteiger partial charge in [0.2, 0.25) is 0 Å². The second-order valence-corrected chi connectivity index (χ2v) is 9.93. The van der Waals surface area contributed by atoms with E-state index in [4.69, 9.17) is 23.4 Å². The number of esters is 2. The lowest BCUT2D eigenvalue weighted by molar-refractivity contribution is -0.136. The number of rotatable bonds is 9. The Kier molecular flexibility index (Phi) is 8.89. The first-order valence-corrected chi connectivity index (χ1v) is 13.6. The van der Waals surface area contributed by atoms with Crippen LogP contribution >= 0.6 is 0 Å². The smallest absolute Gasteiger partial charge is 0.338 e. The highest BCUT2D eigenvalue weighted by atomic mass is 16.6. The fourth-order valence-electron chi connectivity index (χ4n) is 4.87. The van der Waals surface area contributed by atoms with Gasteiger partial charge in [0.1, 0.15) is 29.5 Å². The van der Waals surface area contributed by atoms with Gasteiger partial charge in [0.25, 0.3) is 0 Å². The third-order valence-electron chi connectivity index (χ3n) is 7.21. The van der Waals surface area contributed by atoms with E-state index in [-0.39, 0.29) is 28.2 Å². The first-order valence-electron chi connectivity index (χ1n) is 13.6. The Bertz CT molecular complexity index is 1630. The number of fused-ring (bicyclic) bond motifs is 1. The Morgan fingerprint density at radius 1 is 0.767 bits per heavy atom. The highest BCUT2D eigenvalue weighted by Gasteiger charge is 2.49. The van der Waals surface area contributed by atoms with Gasteiger partial charge in [-0.15, -0.1) is 0 Å². The fourth-order valence-corrected chi connectivity index (χ4v) is 4.87. The normalized spacial score (nSPS) is 19.2. The number of aliphatic hydroxyl groups excluding tert-OH is 2. The summed E-state index contributed by atoms with van der Waals surface area (Å²) < 4.78 is 27.8. The first-order chi connectivity index (χ1) is 20.8. The van der Waals surface area contributed by atoms with Crippen LogP contribution in [0.1, 0.15) is 55.6 Å². The lowest BCUT2D eigenvalue weighted by Gasteiger charge is -2.37. The lowest BCUT2D eigenvalue weighted by atomic mass is 9.86. The fraction of sp³-hybridized carbons (Fsp3) is 0.242. The Hall–Kier alpha value is -4.93. The van der Waals surface area contributed by atoms with Crippen LogP contribution < -0.4 is 14.9 Å². The third-order valence-corrected chi connectivity index (χ3v) is 7.21. The highest BCUT2D eigenvalue weighted by molar-refractivity contribution is 5.90. The number of methoxy groups -OCH3 is 2. The van der Waals surface area contributed by atoms with Crippen molar-refractivity contribution in [3.8, 4) is 11.5 Å². The van der Waals surface area contributed by atoms with E-state index in [0.717, 1.165) is 5.56 Å². The average Bonchev–Trinajstić information content (AvgIpc) is 3.04. The Morgan fingerprint density at radius 3 is 1.88 bits per heavy atom. The molecule has 0 spiro atoms. The molecule has 0 fully saturated rings. The van der Waals surface area contributed by atoms with Crippen LogP contribution in [0.3, 0.4) is 0 Å². The maximum absolute atomic E-state index is 13.3. The van der Waals surface area contributed by atoms with Gasteiger partial charge in [-0.3, -0.25) is 4.79 Å². The number of ether oxygens (including phenoxy) is 4. The maximum Gasteiger partial charge on any atom is 0.338 e. The topological polar surface area (TPSA) is 142 Å². The predicted octanol–water partition coefficient (Wildman–Crippen LogP) is 3.97. The van der Waals surface area contributed by atoms with E-state index in [1.807, 2.05) is 30.3 Å². The number of hydrogen-bond donors (Lipinski definition) is 2. The van der Waals surface area contributed by atoms with Crippen LogP contribution in [0, 0.1) is 0 Å². The zero-order chi connectivity index (χ0) is 30.5. The van der Waals surface area contributed by atoms with Gasteiger partial charge in [-0.2, -0.15) is 0 Å². The van der Waals surface area contributed by atoms with Crippen LogP contribution in [-0.4, -0.2) is 48.6 Å². The van der Waals surface area contributed by atoms with Crippen LogP contribution in [0.2, 0.25) is 0 Å². The monoisotopic (exact) mass is 586 g/mol. The summed E-state index contributed by atoms with van der Waals surface area (Å²) in [5.41, 5.74) is 0.367. The summed E-state index contributed by atoms with van der Waals surface area (Å²) in [6, 6.07) is 22.9. The number of benzene rings is 3. The first kappa shape index (κ1) is 29.6. The van der Waals surface area contributed by atoms with Gasteiger partial charge in [-0.05, 0) is 60.5 Å². The number of aryl methyl sites for hydroxylation is 2. The Labute approximate surface area is 247 Å². The minimum Gasteiger partial charge on any atom is -0.497 e. The largest absolute Gasteiger partial charge is 0.497 e. The van der Waals surface area contributed by atoms with Crippen molar-refractivity contribution in [2.45, 2.75) is 37.3 Å². The number of aliphatic hydroxyl groups is 2. The molecule has 0 unspecified atom stereocenters. The molecule has 222 valence electrons. The quantitative estimate of drug-likeness (QED) is 0.277. The van der Waals surface area contributed by atoms with Gasteiger partial charge >= 0.3 is 11.9 Å². The minimum absolute atomic E-state index is 0.117. The summed E-state index contributed by atoms with van der Waals surface area (Å²) in [5, 5.41) is 22.1. The lowest BCUT2D eigenvalue weighted by Crippen LogP contribution is -2.47. The maximum atomic E-state index is 13.3. The molecule has 4 aromatic rings. The van der Waals surface area contributed by atoms with Crippen molar-refractivity contribution in [1.82, 2.24) is 0 Å². The summed E-state index contributed by atoms with van der Waals surface area (Å²) in [6.45, 7) is 0. The van der Waals surface area contributed by atoms with Gasteiger partial charge in [0, 0.05) is 12.5 Å². The SMILES string of the molecule is COc1ccc(C(=O)O[C@H]2[C@H](O)[C@H](O)c3c(oc(CCc4ccccc4)cc3=O)[C@@H]2OC(=O)c2ccc(OC)cc2)cc1. The van der Waals surface area contributed by atoms with Crippen molar-refractivity contribution in [3.63, 3.8) is 0 Å². The van der Waals surface area contributed by atoms with Crippen LogP contribution in [0.15, 0.2) is 94.1 Å². The van der Waals surface area contributed by atoms with E-state index in [1.165, 1.54) is 44.6 Å². The van der Waals surface area contributed by atoms with Crippen molar-refractivity contribution in [1.29, 1.82) is 0 Å². The van der Waals surface area contributed by atoms with E-state index in [1.54, 1.807) is 24.3 Å². The van der Waals surface area contributed by atoms with Crippen molar-refractivity contribution in [2.24, 2.45) is 0 Å². The molecule has 0 aliphatic heterocycles. The molecule has 10 heteroatoms. The van der Waals surface area contributed by atoms with E-state index < -0.39 is 41.8 Å². The van der Waals surface area contributed by atoms with E-state index in [0.29, 0.717) is 24.3 Å². The summed E-state index contributed by atoms with van der Waals surface area (Å²) in [7, 11) is 2.96. The third kappa shape index (κ3) is 6.45. The molecule has 0 radical (unpaired) electrons. The molecule has 1 aromatic heterocycles. The van der Waals surface area contributed by atoms with Crippen molar-refractivity contribution in [3.05, 3.63) is 129 Å². The van der Waals surface area contributed by atoms with Crippen LogP contribution in [0.25, 0.3) is 0 Å². The zero-order valence-electron chi connectivity index (χ0n) is 23.5. The molecular weight excluding hydrogens is 556 g/mol. The molecular formula is C33H30O10. The molecule has 0 bridgehead atoms. The predicted molar refractivity (Wildman–Crippen MR) is 153 cm³/mol. The summed E-state index contributed by atoms with van der Waals surface area (Å²) in [4.78, 5) is 39.7. The van der Waals surface area contributed by atoms with E-state index in [9.17, 15) is 24.6 Å². The van der Waals surface area contributed by atoms with Crippen LogP contribution in [-0.2, 0) is 22.3 Å². The van der Waals surface area contributed by atoms with E-state index >= 15 is 0 Å². The van der Waals surface area contributed by atoms with E-state index in [2.05, 4.69) is 0 Å². The number of carbonyl (C=O) groups is 2. The van der Waals surface area contributed by atoms with Crippen LogP contribution in [0.5, 0.6) is 11.5 Å². The van der Waals surface area contributed by atoms with Gasteiger partial charge < -0.3 is 33.6 Å². The Balaban J connectivity index is 1.52. The molecule has 0 saturated carbocycles. The zero-order valence-corrected chi connectivity index (χ0v) is 23.5. The average molecular weight is 587 g/mol. The Morgan fingerprint density at radius 2 is 1.33 bits per heavy atom.